The third-order valence-corrected chi connectivity index (χ3v) is 5.34. The summed E-state index contributed by atoms with van der Waals surface area (Å²) < 4.78 is 27.7. The molecule has 2 amide bonds. The lowest BCUT2D eigenvalue weighted by Gasteiger charge is -2.12. The molecular formula is C17H20N2O6S. The summed E-state index contributed by atoms with van der Waals surface area (Å²) in [7, 11) is -3.11. The second-order valence-corrected chi connectivity index (χ2v) is 8.12. The van der Waals surface area contributed by atoms with Gasteiger partial charge in [-0.3, -0.25) is 9.59 Å². The van der Waals surface area contributed by atoms with Crippen LogP contribution in [0.3, 0.4) is 0 Å². The van der Waals surface area contributed by atoms with Gasteiger partial charge in [0.05, 0.1) is 11.5 Å². The van der Waals surface area contributed by atoms with Gasteiger partial charge in [0.1, 0.15) is 5.70 Å². The second kappa shape index (κ2) is 8.61. The molecule has 1 fully saturated rings. The van der Waals surface area contributed by atoms with Crippen LogP contribution in [0.1, 0.15) is 18.9 Å². The molecule has 1 aliphatic rings. The summed E-state index contributed by atoms with van der Waals surface area (Å²) in [6.45, 7) is 0.681. The number of nitrogens with one attached hydrogen (secondary N) is 2. The molecule has 0 radical (unpaired) electrons. The Morgan fingerprint density at radius 2 is 1.92 bits per heavy atom. The average molecular weight is 380 g/mol. The Morgan fingerprint density at radius 3 is 2.50 bits per heavy atom. The number of amides is 2. The molecule has 2 rings (SSSR count). The predicted molar refractivity (Wildman–Crippen MR) is 94.4 cm³/mol. The summed E-state index contributed by atoms with van der Waals surface area (Å²) in [5, 5.41) is 4.89. The van der Waals surface area contributed by atoms with Crippen molar-refractivity contribution in [3.05, 3.63) is 41.6 Å². The van der Waals surface area contributed by atoms with Crippen molar-refractivity contribution in [3.8, 4) is 0 Å². The van der Waals surface area contributed by atoms with Crippen molar-refractivity contribution in [3.63, 3.8) is 0 Å². The molecule has 1 atom stereocenters. The van der Waals surface area contributed by atoms with E-state index in [1.807, 2.05) is 0 Å². The Labute approximate surface area is 151 Å². The van der Waals surface area contributed by atoms with Gasteiger partial charge in [-0.1, -0.05) is 30.3 Å². The zero-order valence-corrected chi connectivity index (χ0v) is 15.0. The van der Waals surface area contributed by atoms with Crippen molar-refractivity contribution < 1.29 is 27.5 Å². The molecule has 0 bridgehead atoms. The van der Waals surface area contributed by atoms with Gasteiger partial charge < -0.3 is 15.4 Å². The van der Waals surface area contributed by atoms with E-state index in [9.17, 15) is 22.8 Å². The van der Waals surface area contributed by atoms with E-state index in [1.54, 1.807) is 30.3 Å². The van der Waals surface area contributed by atoms with E-state index < -0.39 is 40.3 Å². The van der Waals surface area contributed by atoms with Crippen molar-refractivity contribution in [1.29, 1.82) is 0 Å². The van der Waals surface area contributed by atoms with Gasteiger partial charge in [0.15, 0.2) is 16.4 Å². The van der Waals surface area contributed by atoms with Crippen LogP contribution >= 0.6 is 0 Å². The van der Waals surface area contributed by atoms with Crippen LogP contribution in [0.15, 0.2) is 36.0 Å². The first-order valence-electron chi connectivity index (χ1n) is 7.96. The molecule has 140 valence electrons. The van der Waals surface area contributed by atoms with Crippen LogP contribution in [-0.4, -0.2) is 50.4 Å². The van der Waals surface area contributed by atoms with Crippen LogP contribution in [0.2, 0.25) is 0 Å². The summed E-state index contributed by atoms with van der Waals surface area (Å²) in [6.07, 6.45) is 1.78. The predicted octanol–water partition coefficient (Wildman–Crippen LogP) is 0.0101. The normalized spacial score (nSPS) is 18.8. The molecule has 1 unspecified atom stereocenters. The van der Waals surface area contributed by atoms with Crippen molar-refractivity contribution >= 4 is 33.7 Å². The highest BCUT2D eigenvalue weighted by molar-refractivity contribution is 7.91. The lowest BCUT2D eigenvalue weighted by atomic mass is 10.2. The topological polar surface area (TPSA) is 119 Å². The number of sulfone groups is 1. The Balaban J connectivity index is 1.93. The lowest BCUT2D eigenvalue weighted by molar-refractivity contribution is -0.145. The van der Waals surface area contributed by atoms with E-state index in [0.29, 0.717) is 12.0 Å². The Kier molecular flexibility index (Phi) is 6.51. The van der Waals surface area contributed by atoms with Crippen LogP contribution in [0.25, 0.3) is 6.08 Å². The monoisotopic (exact) mass is 380 g/mol. The van der Waals surface area contributed by atoms with Crippen LogP contribution in [-0.2, 0) is 29.0 Å². The average Bonchev–Trinajstić information content (AvgIpc) is 2.91. The number of benzene rings is 1. The molecule has 0 aliphatic carbocycles. The molecule has 8 nitrogen and oxygen atoms in total. The summed E-state index contributed by atoms with van der Waals surface area (Å²) in [6, 6.07) is 8.35. The number of hydrogen-bond donors (Lipinski definition) is 2. The van der Waals surface area contributed by atoms with Crippen LogP contribution < -0.4 is 10.6 Å². The van der Waals surface area contributed by atoms with Gasteiger partial charge in [-0.2, -0.15) is 0 Å². The molecule has 1 heterocycles. The smallest absolute Gasteiger partial charge is 0.355 e. The molecule has 2 N–H and O–H groups in total. The van der Waals surface area contributed by atoms with Crippen molar-refractivity contribution in [2.75, 3.05) is 18.1 Å². The molecular weight excluding hydrogens is 360 g/mol. The first-order valence-corrected chi connectivity index (χ1v) is 9.78. The maximum Gasteiger partial charge on any atom is 0.355 e. The number of rotatable bonds is 6. The molecule has 0 aromatic heterocycles. The largest absolute Gasteiger partial charge is 0.451 e. The third kappa shape index (κ3) is 6.32. The molecule has 26 heavy (non-hydrogen) atoms. The Hall–Kier alpha value is -2.68. The van der Waals surface area contributed by atoms with E-state index in [-0.39, 0.29) is 17.2 Å². The molecule has 1 aromatic carbocycles. The summed E-state index contributed by atoms with van der Waals surface area (Å²) in [4.78, 5) is 35.3. The van der Waals surface area contributed by atoms with E-state index in [4.69, 9.17) is 4.74 Å². The molecule has 1 saturated heterocycles. The van der Waals surface area contributed by atoms with Gasteiger partial charge in [-0.15, -0.1) is 0 Å². The van der Waals surface area contributed by atoms with Gasteiger partial charge in [0.2, 0.25) is 5.91 Å². The van der Waals surface area contributed by atoms with Crippen LogP contribution in [0, 0.1) is 0 Å². The molecule has 1 aromatic rings. The number of carbonyl (C=O) groups is 3. The zero-order valence-electron chi connectivity index (χ0n) is 14.2. The number of carbonyl (C=O) groups excluding carboxylic acids is 3. The minimum atomic E-state index is -3.11. The van der Waals surface area contributed by atoms with E-state index in [0.717, 1.165) is 0 Å². The van der Waals surface area contributed by atoms with E-state index in [2.05, 4.69) is 10.6 Å². The molecule has 9 heteroatoms. The standard InChI is InChI=1S/C17H20N2O6S/c1-12(20)18-15(9-13-5-3-2-4-6-13)17(22)25-10-16(21)19-14-7-8-26(23,24)11-14/h2-6,9,14H,7-8,10-11H2,1H3,(H,18,20)(H,19,21)/b15-9-. The fourth-order valence-electron chi connectivity index (χ4n) is 2.44. The minimum absolute atomic E-state index is 0.0320. The maximum atomic E-state index is 12.1. The summed E-state index contributed by atoms with van der Waals surface area (Å²) in [5.41, 5.74) is 0.578. The van der Waals surface area contributed by atoms with Crippen LogP contribution in [0.4, 0.5) is 0 Å². The van der Waals surface area contributed by atoms with Crippen LogP contribution in [0.5, 0.6) is 0 Å². The summed E-state index contributed by atoms with van der Waals surface area (Å²) in [5.74, 6) is -1.99. The SMILES string of the molecule is CC(=O)N/C(=C\c1ccccc1)C(=O)OCC(=O)NC1CCS(=O)(=O)C1. The maximum absolute atomic E-state index is 12.1. The second-order valence-electron chi connectivity index (χ2n) is 5.89. The highest BCUT2D eigenvalue weighted by Gasteiger charge is 2.29. The van der Waals surface area contributed by atoms with Crippen molar-refractivity contribution in [1.82, 2.24) is 10.6 Å². The molecule has 0 spiro atoms. The van der Waals surface area contributed by atoms with Gasteiger partial charge in [0.25, 0.3) is 5.91 Å². The van der Waals surface area contributed by atoms with E-state index >= 15 is 0 Å². The number of ether oxygens (including phenoxy) is 1. The van der Waals surface area contributed by atoms with Gasteiger partial charge in [-0.05, 0) is 18.1 Å². The highest BCUT2D eigenvalue weighted by atomic mass is 32.2. The Morgan fingerprint density at radius 1 is 1.23 bits per heavy atom. The van der Waals surface area contributed by atoms with E-state index in [1.165, 1.54) is 13.0 Å². The number of hydrogen-bond acceptors (Lipinski definition) is 6. The fourth-order valence-corrected chi connectivity index (χ4v) is 4.11. The highest BCUT2D eigenvalue weighted by Crippen LogP contribution is 2.11. The van der Waals surface area contributed by atoms with Gasteiger partial charge in [0, 0.05) is 13.0 Å². The molecule has 0 saturated carbocycles. The van der Waals surface area contributed by atoms with Crippen molar-refractivity contribution in [2.45, 2.75) is 19.4 Å². The van der Waals surface area contributed by atoms with Gasteiger partial charge in [-0.25, -0.2) is 13.2 Å². The third-order valence-electron chi connectivity index (χ3n) is 3.57. The van der Waals surface area contributed by atoms with Crippen molar-refractivity contribution in [2.24, 2.45) is 0 Å². The number of esters is 1. The quantitative estimate of drug-likeness (QED) is 0.530. The fraction of sp³-hybridized carbons (Fsp3) is 0.353. The van der Waals surface area contributed by atoms with Gasteiger partial charge >= 0.3 is 5.97 Å². The minimum Gasteiger partial charge on any atom is -0.451 e. The Bertz CT molecular complexity index is 817. The first-order chi connectivity index (χ1) is 12.2. The molecule has 1 aliphatic heterocycles. The zero-order chi connectivity index (χ0) is 19.2. The first kappa shape index (κ1) is 19.6. The summed E-state index contributed by atoms with van der Waals surface area (Å²) >= 11 is 0. The lowest BCUT2D eigenvalue weighted by Crippen LogP contribution is -2.39.